The highest BCUT2D eigenvalue weighted by molar-refractivity contribution is 5.96. The number of aryl methyl sites for hydroxylation is 1. The number of nitrogens with zero attached hydrogens (tertiary/aromatic N) is 3. The minimum Gasteiger partial charge on any atom is -0.463 e. The molecule has 3 rings (SSSR count). The van der Waals surface area contributed by atoms with Gasteiger partial charge in [-0.05, 0) is 50.6 Å². The molecule has 1 aromatic carbocycles. The second-order valence-corrected chi connectivity index (χ2v) is 6.72. The Morgan fingerprint density at radius 3 is 2.61 bits per heavy atom. The number of nitro groups is 1. The number of nitro benzene ring substituents is 1. The average Bonchev–Trinajstić information content (AvgIpc) is 3.18. The summed E-state index contributed by atoms with van der Waals surface area (Å²) < 4.78 is 6.38. The van der Waals surface area contributed by atoms with Crippen LogP contribution in [0.5, 0.6) is 0 Å². The quantitative estimate of drug-likeness (QED) is 0.535. The van der Waals surface area contributed by atoms with Gasteiger partial charge in [0.25, 0.3) is 17.2 Å². The number of anilines is 1. The van der Waals surface area contributed by atoms with Crippen molar-refractivity contribution in [1.82, 2.24) is 9.78 Å². The number of rotatable bonds is 5. The third-order valence-electron chi connectivity index (χ3n) is 4.33. The van der Waals surface area contributed by atoms with E-state index >= 15 is 0 Å². The van der Waals surface area contributed by atoms with Gasteiger partial charge >= 0.3 is 0 Å². The van der Waals surface area contributed by atoms with E-state index in [0.29, 0.717) is 22.7 Å². The fourth-order valence-corrected chi connectivity index (χ4v) is 2.64. The lowest BCUT2D eigenvalue weighted by molar-refractivity contribution is -0.384. The molecule has 0 saturated carbocycles. The molecule has 0 spiro atoms. The van der Waals surface area contributed by atoms with Crippen LogP contribution in [0.2, 0.25) is 0 Å². The second kappa shape index (κ2) is 7.10. The lowest BCUT2D eigenvalue weighted by Crippen LogP contribution is -2.47. The SMILES string of the molecule is Cc1cc([N+](=O)[O-])ccc1NC(=O)C(C)(C)n1nc(-c2ccco2)ccc1=O. The molecule has 0 atom stereocenters. The number of hydrogen-bond donors (Lipinski definition) is 1. The molecule has 0 aliphatic heterocycles. The maximum absolute atomic E-state index is 12.9. The van der Waals surface area contributed by atoms with Gasteiger partial charge < -0.3 is 9.73 Å². The van der Waals surface area contributed by atoms with Crippen LogP contribution in [0.3, 0.4) is 0 Å². The Kier molecular flexibility index (Phi) is 4.83. The lowest BCUT2D eigenvalue weighted by atomic mass is 10.0. The van der Waals surface area contributed by atoms with Gasteiger partial charge in [-0.25, -0.2) is 4.68 Å². The molecule has 0 saturated heterocycles. The van der Waals surface area contributed by atoms with E-state index in [1.165, 1.54) is 36.6 Å². The number of nitrogens with one attached hydrogen (secondary N) is 1. The largest absolute Gasteiger partial charge is 0.463 e. The van der Waals surface area contributed by atoms with Crippen LogP contribution in [0.4, 0.5) is 11.4 Å². The summed E-state index contributed by atoms with van der Waals surface area (Å²) in [5.41, 5.74) is -0.484. The summed E-state index contributed by atoms with van der Waals surface area (Å²) in [6.07, 6.45) is 1.49. The number of amides is 1. The first kappa shape index (κ1) is 19.0. The van der Waals surface area contributed by atoms with Crippen molar-refractivity contribution in [2.24, 2.45) is 0 Å². The topological polar surface area (TPSA) is 120 Å². The smallest absolute Gasteiger partial charge is 0.269 e. The summed E-state index contributed by atoms with van der Waals surface area (Å²) in [7, 11) is 0. The number of hydrogen-bond acceptors (Lipinski definition) is 6. The van der Waals surface area contributed by atoms with E-state index in [9.17, 15) is 19.7 Å². The fraction of sp³-hybridized carbons (Fsp3) is 0.211. The van der Waals surface area contributed by atoms with Crippen molar-refractivity contribution in [1.29, 1.82) is 0 Å². The van der Waals surface area contributed by atoms with E-state index in [1.807, 2.05) is 0 Å². The summed E-state index contributed by atoms with van der Waals surface area (Å²) in [4.78, 5) is 35.6. The van der Waals surface area contributed by atoms with Gasteiger partial charge in [-0.3, -0.25) is 19.7 Å². The van der Waals surface area contributed by atoms with Crippen molar-refractivity contribution in [3.05, 3.63) is 74.8 Å². The Balaban J connectivity index is 1.92. The number of carbonyl (C=O) groups excluding carboxylic acids is 1. The summed E-state index contributed by atoms with van der Waals surface area (Å²) in [5, 5.41) is 17.8. The molecule has 2 heterocycles. The molecular formula is C19H18N4O5. The molecule has 28 heavy (non-hydrogen) atoms. The highest BCUT2D eigenvalue weighted by Crippen LogP contribution is 2.24. The predicted molar refractivity (Wildman–Crippen MR) is 102 cm³/mol. The van der Waals surface area contributed by atoms with Crippen molar-refractivity contribution in [3.8, 4) is 11.5 Å². The van der Waals surface area contributed by atoms with Crippen LogP contribution in [-0.2, 0) is 10.3 Å². The molecule has 0 bridgehead atoms. The number of benzene rings is 1. The van der Waals surface area contributed by atoms with Gasteiger partial charge in [0.2, 0.25) is 0 Å². The van der Waals surface area contributed by atoms with Gasteiger partial charge in [-0.1, -0.05) is 0 Å². The Bertz CT molecular complexity index is 1100. The van der Waals surface area contributed by atoms with E-state index in [0.717, 1.165) is 4.68 Å². The standard InChI is InChI=1S/C19H18N4O5/c1-12-11-13(23(26)27)6-7-14(12)20-18(25)19(2,3)22-17(24)9-8-15(21-22)16-5-4-10-28-16/h4-11H,1-3H3,(H,20,25). The molecule has 0 aliphatic carbocycles. The van der Waals surface area contributed by atoms with Crippen LogP contribution < -0.4 is 10.9 Å². The van der Waals surface area contributed by atoms with E-state index in [1.54, 1.807) is 32.9 Å². The van der Waals surface area contributed by atoms with E-state index < -0.39 is 21.9 Å². The molecule has 2 aromatic heterocycles. The minimum atomic E-state index is -1.33. The van der Waals surface area contributed by atoms with Gasteiger partial charge in [-0.15, -0.1) is 0 Å². The number of furan rings is 1. The molecule has 0 fully saturated rings. The van der Waals surface area contributed by atoms with Gasteiger partial charge in [0.1, 0.15) is 11.2 Å². The van der Waals surface area contributed by atoms with Gasteiger partial charge in [-0.2, -0.15) is 5.10 Å². The second-order valence-electron chi connectivity index (χ2n) is 6.72. The number of non-ortho nitro benzene ring substituents is 1. The van der Waals surface area contributed by atoms with Gasteiger partial charge in [0, 0.05) is 23.9 Å². The highest BCUT2D eigenvalue weighted by atomic mass is 16.6. The zero-order valence-corrected chi connectivity index (χ0v) is 15.5. The fourth-order valence-electron chi connectivity index (χ4n) is 2.64. The molecule has 3 aromatic rings. The normalized spacial score (nSPS) is 11.2. The summed E-state index contributed by atoms with van der Waals surface area (Å²) in [5.74, 6) is -0.0215. The van der Waals surface area contributed by atoms with E-state index in [-0.39, 0.29) is 5.69 Å². The third kappa shape index (κ3) is 3.54. The van der Waals surface area contributed by atoms with Crippen molar-refractivity contribution in [2.45, 2.75) is 26.3 Å². The Labute approximate surface area is 159 Å². The molecule has 1 amide bonds. The zero-order chi connectivity index (χ0) is 20.5. The number of aromatic nitrogens is 2. The molecule has 1 N–H and O–H groups in total. The molecule has 0 aliphatic rings. The Morgan fingerprint density at radius 1 is 1.25 bits per heavy atom. The molecular weight excluding hydrogens is 364 g/mol. The highest BCUT2D eigenvalue weighted by Gasteiger charge is 2.33. The van der Waals surface area contributed by atoms with Crippen molar-refractivity contribution in [3.63, 3.8) is 0 Å². The molecule has 0 radical (unpaired) electrons. The van der Waals surface area contributed by atoms with Crippen molar-refractivity contribution < 1.29 is 14.1 Å². The van der Waals surface area contributed by atoms with E-state index in [4.69, 9.17) is 4.42 Å². The minimum absolute atomic E-state index is 0.0706. The van der Waals surface area contributed by atoms with Gasteiger partial charge in [0.15, 0.2) is 5.76 Å². The average molecular weight is 382 g/mol. The predicted octanol–water partition coefficient (Wildman–Crippen LogP) is 3.09. The van der Waals surface area contributed by atoms with E-state index in [2.05, 4.69) is 10.4 Å². The van der Waals surface area contributed by atoms with Crippen LogP contribution in [0.25, 0.3) is 11.5 Å². The third-order valence-corrected chi connectivity index (χ3v) is 4.33. The molecule has 9 nitrogen and oxygen atoms in total. The van der Waals surface area contributed by atoms with Crippen LogP contribution >= 0.6 is 0 Å². The van der Waals surface area contributed by atoms with Crippen LogP contribution in [-0.4, -0.2) is 20.6 Å². The van der Waals surface area contributed by atoms with Gasteiger partial charge in [0.05, 0.1) is 11.2 Å². The van der Waals surface area contributed by atoms with Crippen LogP contribution in [0.1, 0.15) is 19.4 Å². The van der Waals surface area contributed by atoms with Crippen LogP contribution in [0, 0.1) is 17.0 Å². The molecule has 9 heteroatoms. The van der Waals surface area contributed by atoms with Crippen molar-refractivity contribution in [2.75, 3.05) is 5.32 Å². The summed E-state index contributed by atoms with van der Waals surface area (Å²) >= 11 is 0. The van der Waals surface area contributed by atoms with Crippen molar-refractivity contribution >= 4 is 17.3 Å². The summed E-state index contributed by atoms with van der Waals surface area (Å²) in [6.45, 7) is 4.77. The molecule has 144 valence electrons. The monoisotopic (exact) mass is 382 g/mol. The van der Waals surface area contributed by atoms with Crippen LogP contribution in [0.15, 0.2) is 57.9 Å². The Morgan fingerprint density at radius 2 is 2.00 bits per heavy atom. The maximum atomic E-state index is 12.9. The lowest BCUT2D eigenvalue weighted by Gasteiger charge is -2.25. The first-order valence-electron chi connectivity index (χ1n) is 8.41. The molecule has 0 unspecified atom stereocenters. The number of carbonyl (C=O) groups is 1. The zero-order valence-electron chi connectivity index (χ0n) is 15.5. The first-order valence-corrected chi connectivity index (χ1v) is 8.41. The first-order chi connectivity index (χ1) is 13.2. The summed E-state index contributed by atoms with van der Waals surface area (Å²) in [6, 6.07) is 10.4. The maximum Gasteiger partial charge on any atom is 0.269 e. The Hall–Kier alpha value is -3.75.